The minimum atomic E-state index is -0.187. The minimum Gasteiger partial charge on any atom is -0.323 e. The molecule has 1 fully saturated rings. The number of ketones is 1. The van der Waals surface area contributed by atoms with Crippen LogP contribution in [0.3, 0.4) is 0 Å². The molecule has 1 heterocycles. The van der Waals surface area contributed by atoms with Crippen molar-refractivity contribution < 1.29 is 9.59 Å². The number of likely N-dealkylation sites (N-methyl/N-ethyl adjacent to an activating group) is 1. The van der Waals surface area contributed by atoms with Gasteiger partial charge in [-0.15, -0.1) is 0 Å². The highest BCUT2D eigenvalue weighted by Gasteiger charge is 2.45. The normalized spacial score (nSPS) is 19.2. The van der Waals surface area contributed by atoms with Crippen LogP contribution in [0.5, 0.6) is 0 Å². The van der Waals surface area contributed by atoms with Crippen LogP contribution in [0.1, 0.15) is 47.3 Å². The summed E-state index contributed by atoms with van der Waals surface area (Å²) < 4.78 is 0. The Bertz CT molecular complexity index is 1040. The lowest BCUT2D eigenvalue weighted by Crippen LogP contribution is -2.41. The zero-order valence-corrected chi connectivity index (χ0v) is 18.7. The van der Waals surface area contributed by atoms with Gasteiger partial charge in [-0.25, -0.2) is 4.79 Å². The predicted molar refractivity (Wildman–Crippen MR) is 128 cm³/mol. The number of amides is 2. The molecule has 0 radical (unpaired) electrons. The van der Waals surface area contributed by atoms with Gasteiger partial charge in [0.2, 0.25) is 0 Å². The molecule has 3 aromatic carbocycles. The summed E-state index contributed by atoms with van der Waals surface area (Å²) in [6.07, 6.45) is 1.86. The zero-order chi connectivity index (χ0) is 22.5. The van der Waals surface area contributed by atoms with Crippen molar-refractivity contribution in [2.75, 3.05) is 7.05 Å². The first kappa shape index (κ1) is 21.8. The second-order valence-electron chi connectivity index (χ2n) is 8.57. The highest BCUT2D eigenvalue weighted by Crippen LogP contribution is 2.38. The van der Waals surface area contributed by atoms with Gasteiger partial charge in [0, 0.05) is 25.1 Å². The summed E-state index contributed by atoms with van der Waals surface area (Å²) >= 11 is 0. The Kier molecular flexibility index (Phi) is 6.69. The molecule has 4 rings (SSSR count). The molecule has 0 N–H and O–H groups in total. The lowest BCUT2D eigenvalue weighted by molar-refractivity contribution is 0.0918. The van der Waals surface area contributed by atoms with E-state index in [1.165, 1.54) is 5.56 Å². The average molecular weight is 427 g/mol. The standard InChI is InChI=1S/C28H30N2O2/c1-21-27(24-16-10-5-11-17-24)30(28(32)29(21)2)25(19-18-22-12-6-3-7-13-22)20-26(31)23-14-8-4-9-15-23/h3-17,21,25,27H,18-20H2,1-2H3/t21-,25+,27-/m0/s1. The molecule has 164 valence electrons. The van der Waals surface area contributed by atoms with E-state index >= 15 is 0 Å². The molecule has 0 spiro atoms. The molecule has 1 aliphatic rings. The molecule has 0 bridgehead atoms. The van der Waals surface area contributed by atoms with Gasteiger partial charge in [-0.1, -0.05) is 91.0 Å². The van der Waals surface area contributed by atoms with Gasteiger partial charge in [-0.05, 0) is 30.9 Å². The van der Waals surface area contributed by atoms with E-state index in [-0.39, 0.29) is 29.9 Å². The van der Waals surface area contributed by atoms with Crippen LogP contribution < -0.4 is 0 Å². The van der Waals surface area contributed by atoms with Crippen LogP contribution >= 0.6 is 0 Å². The zero-order valence-electron chi connectivity index (χ0n) is 18.7. The molecular weight excluding hydrogens is 396 g/mol. The second kappa shape index (κ2) is 9.82. The highest BCUT2D eigenvalue weighted by atomic mass is 16.2. The quantitative estimate of drug-likeness (QED) is 0.430. The molecule has 3 atom stereocenters. The van der Waals surface area contributed by atoms with Crippen LogP contribution in [0, 0.1) is 0 Å². The van der Waals surface area contributed by atoms with Gasteiger partial charge in [-0.2, -0.15) is 0 Å². The van der Waals surface area contributed by atoms with Crippen molar-refractivity contribution in [2.24, 2.45) is 0 Å². The van der Waals surface area contributed by atoms with E-state index < -0.39 is 0 Å². The van der Waals surface area contributed by atoms with Crippen molar-refractivity contribution >= 4 is 11.8 Å². The summed E-state index contributed by atoms with van der Waals surface area (Å²) in [6.45, 7) is 2.09. The van der Waals surface area contributed by atoms with Crippen molar-refractivity contribution in [1.29, 1.82) is 0 Å². The SMILES string of the molecule is C[C@H]1[C@@H](c2ccccc2)N([C@H](CCc2ccccc2)CC(=O)c2ccccc2)C(=O)N1C. The summed E-state index contributed by atoms with van der Waals surface area (Å²) in [6, 6.07) is 29.6. The largest absolute Gasteiger partial charge is 0.323 e. The van der Waals surface area contributed by atoms with Gasteiger partial charge >= 0.3 is 6.03 Å². The number of benzene rings is 3. The Morgan fingerprint density at radius 3 is 2.06 bits per heavy atom. The first-order valence-corrected chi connectivity index (χ1v) is 11.3. The van der Waals surface area contributed by atoms with Crippen molar-refractivity contribution in [3.63, 3.8) is 0 Å². The molecule has 1 saturated heterocycles. The van der Waals surface area contributed by atoms with Crippen molar-refractivity contribution in [2.45, 2.75) is 44.3 Å². The van der Waals surface area contributed by atoms with E-state index in [1.807, 2.05) is 78.7 Å². The third kappa shape index (κ3) is 4.59. The van der Waals surface area contributed by atoms with Crippen LogP contribution in [0.4, 0.5) is 4.79 Å². The Morgan fingerprint density at radius 2 is 1.44 bits per heavy atom. The van der Waals surface area contributed by atoms with Crippen LogP contribution in [0.15, 0.2) is 91.0 Å². The van der Waals surface area contributed by atoms with Gasteiger partial charge in [0.25, 0.3) is 0 Å². The lowest BCUT2D eigenvalue weighted by atomic mass is 9.93. The van der Waals surface area contributed by atoms with E-state index in [9.17, 15) is 9.59 Å². The number of rotatable bonds is 8. The topological polar surface area (TPSA) is 40.6 Å². The third-order valence-corrected chi connectivity index (χ3v) is 6.55. The molecule has 2 amide bonds. The molecule has 1 aliphatic heterocycles. The van der Waals surface area contributed by atoms with Gasteiger partial charge < -0.3 is 9.80 Å². The van der Waals surface area contributed by atoms with Crippen molar-refractivity contribution in [3.05, 3.63) is 108 Å². The first-order chi connectivity index (χ1) is 15.6. The van der Waals surface area contributed by atoms with Crippen LogP contribution in [-0.2, 0) is 6.42 Å². The molecule has 0 aliphatic carbocycles. The van der Waals surface area contributed by atoms with E-state index in [0.29, 0.717) is 12.0 Å². The van der Waals surface area contributed by atoms with E-state index in [4.69, 9.17) is 0 Å². The first-order valence-electron chi connectivity index (χ1n) is 11.3. The summed E-state index contributed by atoms with van der Waals surface area (Å²) in [4.78, 5) is 30.4. The van der Waals surface area contributed by atoms with Gasteiger partial charge in [0.1, 0.15) is 0 Å². The Labute approximate surface area is 190 Å². The van der Waals surface area contributed by atoms with E-state index in [1.54, 1.807) is 4.90 Å². The summed E-state index contributed by atoms with van der Waals surface area (Å²) in [5.41, 5.74) is 3.02. The highest BCUT2D eigenvalue weighted by molar-refractivity contribution is 5.96. The van der Waals surface area contributed by atoms with Gasteiger partial charge in [0.15, 0.2) is 5.78 Å². The van der Waals surface area contributed by atoms with Gasteiger partial charge in [0.05, 0.1) is 12.1 Å². The van der Waals surface area contributed by atoms with Crippen LogP contribution in [0.25, 0.3) is 0 Å². The number of carbonyl (C=O) groups is 2. The average Bonchev–Trinajstić information content (AvgIpc) is 3.07. The molecule has 3 aromatic rings. The second-order valence-corrected chi connectivity index (χ2v) is 8.57. The van der Waals surface area contributed by atoms with Crippen molar-refractivity contribution in [3.8, 4) is 0 Å². The summed E-state index contributed by atoms with van der Waals surface area (Å²) in [5.74, 6) is 0.0745. The van der Waals surface area contributed by atoms with Gasteiger partial charge in [-0.3, -0.25) is 4.79 Å². The Hall–Kier alpha value is -3.40. The molecule has 0 saturated carbocycles. The molecular formula is C28H30N2O2. The fourth-order valence-electron chi connectivity index (χ4n) is 4.67. The molecule has 4 nitrogen and oxygen atoms in total. The number of hydrogen-bond acceptors (Lipinski definition) is 2. The van der Waals surface area contributed by atoms with Crippen molar-refractivity contribution in [1.82, 2.24) is 9.80 Å². The lowest BCUT2D eigenvalue weighted by Gasteiger charge is -2.33. The third-order valence-electron chi connectivity index (χ3n) is 6.55. The summed E-state index contributed by atoms with van der Waals surface area (Å²) in [7, 11) is 1.86. The monoisotopic (exact) mass is 426 g/mol. The minimum absolute atomic E-state index is 0.00900. The number of Topliss-reactive ketones (excluding diaryl/α,β-unsaturated/α-hetero) is 1. The Balaban J connectivity index is 1.66. The Morgan fingerprint density at radius 1 is 0.875 bits per heavy atom. The number of carbonyl (C=O) groups excluding carboxylic acids is 2. The van der Waals surface area contributed by atoms with E-state index in [2.05, 4.69) is 31.2 Å². The fourth-order valence-corrected chi connectivity index (χ4v) is 4.67. The molecule has 0 aromatic heterocycles. The summed E-state index contributed by atoms with van der Waals surface area (Å²) in [5, 5.41) is 0. The number of nitrogens with zero attached hydrogens (tertiary/aromatic N) is 2. The number of hydrogen-bond donors (Lipinski definition) is 0. The smallest absolute Gasteiger partial charge is 0.320 e. The molecule has 0 unspecified atom stereocenters. The predicted octanol–water partition coefficient (Wildman–Crippen LogP) is 5.76. The fraction of sp³-hybridized carbons (Fsp3) is 0.286. The molecule has 4 heteroatoms. The number of aryl methyl sites for hydroxylation is 1. The van der Waals surface area contributed by atoms with E-state index in [0.717, 1.165) is 18.4 Å². The maximum atomic E-state index is 13.4. The maximum absolute atomic E-state index is 13.4. The van der Waals surface area contributed by atoms with Crippen LogP contribution in [0.2, 0.25) is 0 Å². The number of urea groups is 1. The molecule has 32 heavy (non-hydrogen) atoms. The van der Waals surface area contributed by atoms with Crippen LogP contribution in [-0.4, -0.2) is 40.7 Å². The maximum Gasteiger partial charge on any atom is 0.320 e.